The zero-order chi connectivity index (χ0) is 25.0. The maximum absolute atomic E-state index is 14.1. The molecule has 1 fully saturated rings. The van der Waals surface area contributed by atoms with Crippen molar-refractivity contribution in [3.8, 4) is 11.1 Å². The molecule has 3 aliphatic rings. The average Bonchev–Trinajstić information content (AvgIpc) is 3.32. The molecule has 1 amide bonds. The summed E-state index contributed by atoms with van der Waals surface area (Å²) < 4.78 is 60.7. The standard InChI is InChI=1S/C29H23F4NO2/c30-26-11-5-10-20(27(26)29(31,32)33)17-14-18-12-13-19(15-17)34(18)28(35)36-16-25-23-8-3-1-6-21(23)22-7-2-4-9-24(22)25/h1-11,14,18-19,25H,12-13,15-16H2. The van der Waals surface area contributed by atoms with Crippen LogP contribution in [0.3, 0.4) is 0 Å². The SMILES string of the molecule is O=C(OCC1c2ccccc2-c2ccccc21)N1C2C=C(c3cccc(F)c3C(F)(F)F)CC1CC2. The number of benzene rings is 3. The summed E-state index contributed by atoms with van der Waals surface area (Å²) in [5.74, 6) is -1.36. The van der Waals surface area contributed by atoms with Gasteiger partial charge in [-0.25, -0.2) is 9.18 Å². The lowest BCUT2D eigenvalue weighted by atomic mass is 9.91. The van der Waals surface area contributed by atoms with Crippen LogP contribution in [0.4, 0.5) is 22.4 Å². The number of nitrogens with zero attached hydrogens (tertiary/aromatic N) is 1. The van der Waals surface area contributed by atoms with Gasteiger partial charge in [-0.2, -0.15) is 13.2 Å². The molecule has 0 radical (unpaired) electrons. The van der Waals surface area contributed by atoms with E-state index in [4.69, 9.17) is 4.74 Å². The van der Waals surface area contributed by atoms with E-state index in [2.05, 4.69) is 12.1 Å². The fourth-order valence-corrected chi connectivity index (χ4v) is 6.06. The molecule has 2 unspecified atom stereocenters. The van der Waals surface area contributed by atoms with Gasteiger partial charge >= 0.3 is 12.3 Å². The highest BCUT2D eigenvalue weighted by Crippen LogP contribution is 2.46. The summed E-state index contributed by atoms with van der Waals surface area (Å²) in [6, 6.07) is 18.9. The molecule has 2 atom stereocenters. The van der Waals surface area contributed by atoms with E-state index in [0.717, 1.165) is 28.3 Å². The van der Waals surface area contributed by atoms with Crippen molar-refractivity contribution in [2.24, 2.45) is 0 Å². The molecule has 36 heavy (non-hydrogen) atoms. The smallest absolute Gasteiger partial charge is 0.419 e. The Balaban J connectivity index is 1.23. The van der Waals surface area contributed by atoms with Gasteiger partial charge in [0.2, 0.25) is 0 Å². The summed E-state index contributed by atoms with van der Waals surface area (Å²) in [5.41, 5.74) is 3.53. The molecule has 0 saturated carbocycles. The van der Waals surface area contributed by atoms with Crippen molar-refractivity contribution in [1.82, 2.24) is 4.90 Å². The van der Waals surface area contributed by atoms with E-state index < -0.39 is 23.7 Å². The molecule has 0 spiro atoms. The Labute approximate surface area is 206 Å². The van der Waals surface area contributed by atoms with E-state index in [1.54, 1.807) is 11.0 Å². The van der Waals surface area contributed by atoms with Crippen molar-refractivity contribution < 1.29 is 27.1 Å². The van der Waals surface area contributed by atoms with Crippen LogP contribution in [0.25, 0.3) is 16.7 Å². The van der Waals surface area contributed by atoms with Gasteiger partial charge in [-0.05, 0) is 58.7 Å². The van der Waals surface area contributed by atoms with Gasteiger partial charge in [-0.1, -0.05) is 66.7 Å². The summed E-state index contributed by atoms with van der Waals surface area (Å²) in [6.07, 6.45) is -2.07. The Morgan fingerprint density at radius 2 is 1.53 bits per heavy atom. The Kier molecular flexibility index (Phi) is 5.39. The predicted molar refractivity (Wildman–Crippen MR) is 128 cm³/mol. The van der Waals surface area contributed by atoms with Crippen LogP contribution >= 0.6 is 0 Å². The van der Waals surface area contributed by atoms with Gasteiger partial charge in [0, 0.05) is 12.0 Å². The molecule has 3 aromatic carbocycles. The van der Waals surface area contributed by atoms with Gasteiger partial charge in [-0.3, -0.25) is 4.90 Å². The lowest BCUT2D eigenvalue weighted by molar-refractivity contribution is -0.140. The summed E-state index contributed by atoms with van der Waals surface area (Å²) in [5, 5.41) is 0. The molecule has 2 aliphatic heterocycles. The molecule has 3 nitrogen and oxygen atoms in total. The van der Waals surface area contributed by atoms with Crippen molar-refractivity contribution >= 4 is 11.7 Å². The van der Waals surface area contributed by atoms with Crippen LogP contribution in [-0.4, -0.2) is 29.7 Å². The van der Waals surface area contributed by atoms with Gasteiger partial charge in [0.25, 0.3) is 0 Å². The molecule has 6 rings (SSSR count). The maximum atomic E-state index is 14.1. The number of halogens is 4. The molecular formula is C29H23F4NO2. The Hall–Kier alpha value is -3.61. The zero-order valence-corrected chi connectivity index (χ0v) is 19.3. The molecule has 2 heterocycles. The van der Waals surface area contributed by atoms with Crippen LogP contribution in [0, 0.1) is 5.82 Å². The molecule has 0 N–H and O–H groups in total. The largest absolute Gasteiger partial charge is 0.448 e. The van der Waals surface area contributed by atoms with Crippen molar-refractivity contribution in [1.29, 1.82) is 0 Å². The molecule has 3 aromatic rings. The second-order valence-electron chi connectivity index (χ2n) is 9.57. The van der Waals surface area contributed by atoms with Crippen molar-refractivity contribution in [2.45, 2.75) is 43.4 Å². The highest BCUT2D eigenvalue weighted by molar-refractivity contribution is 5.80. The van der Waals surface area contributed by atoms with Gasteiger partial charge in [0.05, 0.1) is 11.6 Å². The fourth-order valence-electron chi connectivity index (χ4n) is 6.06. The average molecular weight is 494 g/mol. The molecular weight excluding hydrogens is 470 g/mol. The fraction of sp³-hybridized carbons (Fsp3) is 0.276. The monoisotopic (exact) mass is 493 g/mol. The van der Waals surface area contributed by atoms with Crippen LogP contribution < -0.4 is 0 Å². The lowest BCUT2D eigenvalue weighted by Gasteiger charge is -2.34. The van der Waals surface area contributed by atoms with Crippen LogP contribution in [0.15, 0.2) is 72.8 Å². The predicted octanol–water partition coefficient (Wildman–Crippen LogP) is 7.41. The number of rotatable bonds is 3. The number of hydrogen-bond donors (Lipinski definition) is 0. The number of amides is 1. The van der Waals surface area contributed by atoms with Crippen LogP contribution in [0.1, 0.15) is 47.4 Å². The first-order valence-electron chi connectivity index (χ1n) is 12.0. The number of hydrogen-bond acceptors (Lipinski definition) is 2. The topological polar surface area (TPSA) is 29.5 Å². The molecule has 1 aliphatic carbocycles. The second kappa shape index (κ2) is 8.50. The van der Waals surface area contributed by atoms with E-state index >= 15 is 0 Å². The first-order chi connectivity index (χ1) is 17.3. The number of ether oxygens (including phenoxy) is 1. The number of carbonyl (C=O) groups is 1. The van der Waals surface area contributed by atoms with Crippen LogP contribution in [0.2, 0.25) is 0 Å². The van der Waals surface area contributed by atoms with Crippen molar-refractivity contribution in [2.75, 3.05) is 6.61 Å². The molecule has 1 saturated heterocycles. The maximum Gasteiger partial charge on any atom is 0.419 e. The third-order valence-electron chi connectivity index (χ3n) is 7.59. The number of carbonyl (C=O) groups excluding carboxylic acids is 1. The highest BCUT2D eigenvalue weighted by atomic mass is 19.4. The van der Waals surface area contributed by atoms with Crippen molar-refractivity contribution in [3.05, 3.63) is 101 Å². The Morgan fingerprint density at radius 1 is 0.889 bits per heavy atom. The normalized spacial score (nSPS) is 20.7. The summed E-state index contributed by atoms with van der Waals surface area (Å²) in [4.78, 5) is 14.8. The first kappa shape index (κ1) is 22.8. The third-order valence-corrected chi connectivity index (χ3v) is 7.59. The minimum atomic E-state index is -4.80. The van der Waals surface area contributed by atoms with Crippen LogP contribution in [0.5, 0.6) is 0 Å². The van der Waals surface area contributed by atoms with Gasteiger partial charge in [0.1, 0.15) is 12.4 Å². The van der Waals surface area contributed by atoms with Gasteiger partial charge in [0.15, 0.2) is 0 Å². The second-order valence-corrected chi connectivity index (χ2v) is 9.57. The van der Waals surface area contributed by atoms with E-state index in [0.29, 0.717) is 18.4 Å². The lowest BCUT2D eigenvalue weighted by Crippen LogP contribution is -2.43. The molecule has 184 valence electrons. The molecule has 7 heteroatoms. The van der Waals surface area contributed by atoms with E-state index in [-0.39, 0.29) is 36.6 Å². The number of alkyl halides is 3. The first-order valence-corrected chi connectivity index (χ1v) is 12.0. The highest BCUT2D eigenvalue weighted by Gasteiger charge is 2.44. The minimum absolute atomic E-state index is 0.0727. The summed E-state index contributed by atoms with van der Waals surface area (Å²) in [7, 11) is 0. The Morgan fingerprint density at radius 3 is 2.17 bits per heavy atom. The van der Waals surface area contributed by atoms with Gasteiger partial charge in [-0.15, -0.1) is 0 Å². The van der Waals surface area contributed by atoms with E-state index in [1.165, 1.54) is 12.1 Å². The summed E-state index contributed by atoms with van der Waals surface area (Å²) >= 11 is 0. The third kappa shape index (κ3) is 3.69. The zero-order valence-electron chi connectivity index (χ0n) is 19.3. The quantitative estimate of drug-likeness (QED) is 0.356. The molecule has 2 bridgehead atoms. The minimum Gasteiger partial charge on any atom is -0.448 e. The Bertz CT molecular complexity index is 1330. The van der Waals surface area contributed by atoms with E-state index in [9.17, 15) is 22.4 Å². The van der Waals surface area contributed by atoms with Crippen molar-refractivity contribution in [3.63, 3.8) is 0 Å². The summed E-state index contributed by atoms with van der Waals surface area (Å²) in [6.45, 7) is 0.182. The molecule has 0 aromatic heterocycles. The number of fused-ring (bicyclic) bond motifs is 5. The van der Waals surface area contributed by atoms with Gasteiger partial charge < -0.3 is 4.74 Å². The van der Waals surface area contributed by atoms with E-state index in [1.807, 2.05) is 36.4 Å². The van der Waals surface area contributed by atoms with Crippen LogP contribution in [-0.2, 0) is 10.9 Å².